The number of ether oxygens (including phenoxy) is 2. The smallest absolute Gasteiger partial charge is 0.306 e. The molecule has 2 saturated heterocycles. The molecule has 7 atom stereocenters. The van der Waals surface area contributed by atoms with Gasteiger partial charge in [0.05, 0.1) is 47.3 Å². The predicted octanol–water partition coefficient (Wildman–Crippen LogP) is 4.49. The maximum absolute atomic E-state index is 15.1. The molecule has 0 radical (unpaired) electrons. The van der Waals surface area contributed by atoms with Crippen LogP contribution in [0.3, 0.4) is 0 Å². The lowest BCUT2D eigenvalue weighted by Crippen LogP contribution is -2.58. The lowest BCUT2D eigenvalue weighted by molar-refractivity contribution is -0.146. The molecule has 0 unspecified atom stereocenters. The highest BCUT2D eigenvalue weighted by molar-refractivity contribution is 6.34. The summed E-state index contributed by atoms with van der Waals surface area (Å²) in [5.41, 5.74) is 1.33. The Balaban J connectivity index is 1.35. The number of aliphatic hydroxyl groups excluding tert-OH is 1. The number of esters is 1. The molecule has 2 fully saturated rings. The molecule has 0 aromatic heterocycles. The van der Waals surface area contributed by atoms with Crippen molar-refractivity contribution < 1.29 is 33.8 Å². The summed E-state index contributed by atoms with van der Waals surface area (Å²) in [4.78, 5) is 60.3. The second kappa shape index (κ2) is 14.5. The Kier molecular flexibility index (Phi) is 9.83. The number of hydrogen-bond donors (Lipinski definition) is 2. The van der Waals surface area contributed by atoms with Crippen LogP contribution in [0.4, 0.5) is 5.69 Å². The van der Waals surface area contributed by atoms with Gasteiger partial charge in [0.1, 0.15) is 18.2 Å². The lowest BCUT2D eigenvalue weighted by Gasteiger charge is -2.39. The quantitative estimate of drug-likeness (QED) is 0.286. The molecule has 4 heterocycles. The van der Waals surface area contributed by atoms with Crippen molar-refractivity contribution in [2.24, 2.45) is 11.8 Å². The number of carbonyl (C=O) groups excluding carboxylic acids is 4. The molecule has 3 aromatic carbocycles. The number of aliphatic hydroxyl groups is 1. The standard InChI is InChI=1S/C40H40ClN3O7/c1-25-12-10-17-29(41)35(25)43-21-11-20-40-34(38(48)44(36(40)39(43)49)28(23-45)22-26-13-4-2-5-14-26)33-31(51-40)18-8-9-19-32(46)50-24-30(42-37(33)47)27-15-6-3-7-16-27/h2-8,10-18,20,28,30-31,33-34,36,45H,9,19,21-24H2,1H3,(H,42,47)/b18-8-/t28-,30-,31+,33-,34-,36+,40-/m1/s1. The molecule has 3 amide bonds. The van der Waals surface area contributed by atoms with Crippen molar-refractivity contribution in [2.75, 3.05) is 24.7 Å². The Labute approximate surface area is 301 Å². The van der Waals surface area contributed by atoms with Crippen molar-refractivity contribution in [1.82, 2.24) is 10.2 Å². The van der Waals surface area contributed by atoms with E-state index in [1.165, 1.54) is 4.90 Å². The van der Waals surface area contributed by atoms with Gasteiger partial charge < -0.3 is 29.7 Å². The first-order valence-corrected chi connectivity index (χ1v) is 17.7. The normalized spacial score (nSPS) is 29.1. The number of halogens is 1. The van der Waals surface area contributed by atoms with Crippen LogP contribution in [0.5, 0.6) is 0 Å². The predicted molar refractivity (Wildman–Crippen MR) is 191 cm³/mol. The highest BCUT2D eigenvalue weighted by Crippen LogP contribution is 2.54. The second-order valence-corrected chi connectivity index (χ2v) is 13.9. The molecule has 7 rings (SSSR count). The second-order valence-electron chi connectivity index (χ2n) is 13.5. The first-order valence-electron chi connectivity index (χ1n) is 17.3. The highest BCUT2D eigenvalue weighted by atomic mass is 35.5. The van der Waals surface area contributed by atoms with Gasteiger partial charge in [-0.15, -0.1) is 0 Å². The van der Waals surface area contributed by atoms with Crippen LogP contribution in [0.1, 0.15) is 35.6 Å². The summed E-state index contributed by atoms with van der Waals surface area (Å²) in [6.45, 7) is 1.49. The van der Waals surface area contributed by atoms with E-state index < -0.39 is 72.0 Å². The Hall–Kier alpha value is -4.77. The van der Waals surface area contributed by atoms with Gasteiger partial charge in [0.25, 0.3) is 5.91 Å². The van der Waals surface area contributed by atoms with E-state index >= 15 is 9.59 Å². The van der Waals surface area contributed by atoms with E-state index in [0.717, 1.165) is 16.7 Å². The van der Waals surface area contributed by atoms with Gasteiger partial charge in [-0.3, -0.25) is 19.2 Å². The van der Waals surface area contributed by atoms with E-state index in [0.29, 0.717) is 17.1 Å². The number of benzene rings is 3. The summed E-state index contributed by atoms with van der Waals surface area (Å²) < 4.78 is 12.5. The van der Waals surface area contributed by atoms with E-state index in [-0.39, 0.29) is 26.0 Å². The minimum Gasteiger partial charge on any atom is -0.463 e. The molecule has 10 nitrogen and oxygen atoms in total. The third-order valence-electron chi connectivity index (χ3n) is 10.4. The zero-order chi connectivity index (χ0) is 35.7. The van der Waals surface area contributed by atoms with Crippen LogP contribution in [0.15, 0.2) is 103 Å². The fourth-order valence-electron chi connectivity index (χ4n) is 8.07. The third kappa shape index (κ3) is 6.37. The molecule has 2 N–H and O–H groups in total. The summed E-state index contributed by atoms with van der Waals surface area (Å²) in [6, 6.07) is 21.3. The molecule has 0 aliphatic carbocycles. The molecule has 0 bridgehead atoms. The van der Waals surface area contributed by atoms with Gasteiger partial charge in [0, 0.05) is 13.0 Å². The number of carbonyl (C=O) groups is 4. The summed E-state index contributed by atoms with van der Waals surface area (Å²) in [5.74, 6) is -3.93. The Morgan fingerprint density at radius 3 is 2.43 bits per heavy atom. The number of nitrogens with zero attached hydrogens (tertiary/aromatic N) is 2. The van der Waals surface area contributed by atoms with Crippen LogP contribution >= 0.6 is 11.6 Å². The molecular weight excluding hydrogens is 670 g/mol. The molecule has 264 valence electrons. The fraction of sp³-hybridized carbons (Fsp3) is 0.350. The number of para-hydroxylation sites is 1. The van der Waals surface area contributed by atoms with Gasteiger partial charge >= 0.3 is 5.97 Å². The Bertz CT molecular complexity index is 1850. The van der Waals surface area contributed by atoms with E-state index in [4.69, 9.17) is 21.1 Å². The van der Waals surface area contributed by atoms with Crippen molar-refractivity contribution in [3.63, 3.8) is 0 Å². The average molecular weight is 710 g/mol. The zero-order valence-corrected chi connectivity index (χ0v) is 28.9. The minimum atomic E-state index is -1.56. The molecule has 51 heavy (non-hydrogen) atoms. The molecule has 1 spiro atoms. The van der Waals surface area contributed by atoms with E-state index in [2.05, 4.69) is 5.32 Å². The average Bonchev–Trinajstić information content (AvgIpc) is 3.53. The minimum absolute atomic E-state index is 0.0940. The molecule has 11 heteroatoms. The SMILES string of the molecule is Cc1cccc(Cl)c1N1CC=C[C@@]23O[C@H]4/C=C\CCC(=O)OC[C@H](c5ccccc5)NC(=O)[C@H]4[C@@H]2C(=O)N([C@@H](CO)Cc2ccccc2)[C@H]3C1=O. The molecule has 4 aliphatic heterocycles. The van der Waals surface area contributed by atoms with Gasteiger partial charge in [-0.25, -0.2) is 0 Å². The number of amides is 3. The Morgan fingerprint density at radius 1 is 0.961 bits per heavy atom. The van der Waals surface area contributed by atoms with Gasteiger partial charge in [-0.05, 0) is 42.5 Å². The summed E-state index contributed by atoms with van der Waals surface area (Å²) in [7, 11) is 0. The van der Waals surface area contributed by atoms with Crippen LogP contribution in [0, 0.1) is 18.8 Å². The number of cyclic esters (lactones) is 1. The van der Waals surface area contributed by atoms with Crippen LogP contribution in [0.25, 0.3) is 0 Å². The van der Waals surface area contributed by atoms with Gasteiger partial charge in [-0.2, -0.15) is 0 Å². The fourth-order valence-corrected chi connectivity index (χ4v) is 8.40. The number of aryl methyl sites for hydroxylation is 1. The number of anilines is 1. The van der Waals surface area contributed by atoms with E-state index in [1.54, 1.807) is 35.3 Å². The number of fused-ring (bicyclic) bond motifs is 2. The first-order chi connectivity index (χ1) is 24.7. The first kappa shape index (κ1) is 34.7. The summed E-state index contributed by atoms with van der Waals surface area (Å²) in [5, 5.41) is 14.3. The monoisotopic (exact) mass is 709 g/mol. The third-order valence-corrected chi connectivity index (χ3v) is 10.7. The van der Waals surface area contributed by atoms with Crippen LogP contribution < -0.4 is 10.2 Å². The molecular formula is C40H40ClN3O7. The van der Waals surface area contributed by atoms with Crippen molar-refractivity contribution in [1.29, 1.82) is 0 Å². The summed E-state index contributed by atoms with van der Waals surface area (Å²) >= 11 is 6.72. The van der Waals surface area contributed by atoms with E-state index in [1.807, 2.05) is 79.7 Å². The maximum atomic E-state index is 15.1. The maximum Gasteiger partial charge on any atom is 0.306 e. The number of allylic oxidation sites excluding steroid dienone is 1. The van der Waals surface area contributed by atoms with Gasteiger partial charge in [0.2, 0.25) is 11.8 Å². The number of likely N-dealkylation sites (tertiary alicyclic amines) is 1. The van der Waals surface area contributed by atoms with Crippen molar-refractivity contribution in [3.8, 4) is 0 Å². The van der Waals surface area contributed by atoms with Crippen molar-refractivity contribution in [3.05, 3.63) is 125 Å². The highest BCUT2D eigenvalue weighted by Gasteiger charge is 2.72. The zero-order valence-electron chi connectivity index (χ0n) is 28.2. The number of rotatable bonds is 6. The Morgan fingerprint density at radius 2 is 1.71 bits per heavy atom. The lowest BCUT2D eigenvalue weighted by atomic mass is 9.77. The van der Waals surface area contributed by atoms with Crippen molar-refractivity contribution >= 4 is 41.0 Å². The molecule has 0 saturated carbocycles. The largest absolute Gasteiger partial charge is 0.463 e. The molecule has 4 aliphatic rings. The van der Waals surface area contributed by atoms with Gasteiger partial charge in [0.15, 0.2) is 0 Å². The van der Waals surface area contributed by atoms with Crippen LogP contribution in [-0.4, -0.2) is 77.2 Å². The topological polar surface area (TPSA) is 125 Å². The summed E-state index contributed by atoms with van der Waals surface area (Å²) in [6.07, 6.45) is 6.85. The van der Waals surface area contributed by atoms with Gasteiger partial charge in [-0.1, -0.05) is 109 Å². The van der Waals surface area contributed by atoms with E-state index in [9.17, 15) is 14.7 Å². The molecule has 3 aromatic rings. The number of hydrogen-bond acceptors (Lipinski definition) is 7. The van der Waals surface area contributed by atoms with Crippen LogP contribution in [0.2, 0.25) is 5.02 Å². The van der Waals surface area contributed by atoms with Crippen LogP contribution in [-0.2, 0) is 35.1 Å². The number of nitrogens with one attached hydrogen (secondary N) is 1. The van der Waals surface area contributed by atoms with Crippen molar-refractivity contribution in [2.45, 2.75) is 56.0 Å².